The van der Waals surface area contributed by atoms with Crippen LogP contribution in [0.3, 0.4) is 0 Å². The molecule has 0 N–H and O–H groups in total. The van der Waals surface area contributed by atoms with Gasteiger partial charge in [0.2, 0.25) is 11.8 Å². The number of rotatable bonds is 2. The molecule has 0 saturated heterocycles. The van der Waals surface area contributed by atoms with Crippen molar-refractivity contribution in [3.8, 4) is 11.8 Å². The zero-order valence-corrected chi connectivity index (χ0v) is 9.82. The van der Waals surface area contributed by atoms with Crippen molar-refractivity contribution >= 4 is 5.78 Å². The number of carbonyl (C=O) groups is 1. The number of methoxy groups -OCH3 is 1. The number of ketones is 1. The molecule has 1 aromatic rings. The van der Waals surface area contributed by atoms with Crippen LogP contribution in [0.5, 0.6) is 11.8 Å². The fraction of sp³-hybridized carbons (Fsp3) is 0.545. The van der Waals surface area contributed by atoms with Crippen molar-refractivity contribution in [1.82, 2.24) is 9.97 Å². The van der Waals surface area contributed by atoms with Crippen molar-refractivity contribution in [3.63, 3.8) is 0 Å². The maximum absolute atomic E-state index is 9.81. The lowest BCUT2D eigenvalue weighted by Crippen LogP contribution is -1.92. The molecular formula is C11H16N2O3. The van der Waals surface area contributed by atoms with Crippen LogP contribution in [0.4, 0.5) is 0 Å². The minimum absolute atomic E-state index is 0.255. The SMILES string of the molecule is CCC(C)=O.COc1cnc2c(n1)OCC2. The van der Waals surface area contributed by atoms with Crippen molar-refractivity contribution in [2.24, 2.45) is 0 Å². The van der Waals surface area contributed by atoms with Crippen LogP contribution >= 0.6 is 0 Å². The van der Waals surface area contributed by atoms with Crippen LogP contribution < -0.4 is 9.47 Å². The van der Waals surface area contributed by atoms with Crippen molar-refractivity contribution < 1.29 is 14.3 Å². The lowest BCUT2D eigenvalue weighted by molar-refractivity contribution is -0.116. The Morgan fingerprint density at radius 3 is 2.88 bits per heavy atom. The van der Waals surface area contributed by atoms with E-state index >= 15 is 0 Å². The molecule has 0 aromatic carbocycles. The Hall–Kier alpha value is -1.65. The second kappa shape index (κ2) is 6.05. The quantitative estimate of drug-likeness (QED) is 0.760. The summed E-state index contributed by atoms with van der Waals surface area (Å²) in [4.78, 5) is 18.0. The lowest BCUT2D eigenvalue weighted by atomic mass is 10.4. The van der Waals surface area contributed by atoms with Crippen LogP contribution in [0.15, 0.2) is 6.20 Å². The third kappa shape index (κ3) is 3.49. The van der Waals surface area contributed by atoms with E-state index in [1.165, 1.54) is 0 Å². The maximum Gasteiger partial charge on any atom is 0.239 e. The number of carbonyl (C=O) groups excluding carboxylic acids is 1. The smallest absolute Gasteiger partial charge is 0.239 e. The third-order valence-electron chi connectivity index (χ3n) is 2.07. The largest absolute Gasteiger partial charge is 0.480 e. The predicted molar refractivity (Wildman–Crippen MR) is 58.8 cm³/mol. The first-order chi connectivity index (χ1) is 7.67. The summed E-state index contributed by atoms with van der Waals surface area (Å²) < 4.78 is 10.1. The highest BCUT2D eigenvalue weighted by molar-refractivity contribution is 5.74. The van der Waals surface area contributed by atoms with E-state index < -0.39 is 0 Å². The van der Waals surface area contributed by atoms with Crippen LogP contribution in [0.2, 0.25) is 0 Å². The van der Waals surface area contributed by atoms with Gasteiger partial charge in [0.1, 0.15) is 11.5 Å². The van der Waals surface area contributed by atoms with Crippen molar-refractivity contribution in [1.29, 1.82) is 0 Å². The zero-order valence-electron chi connectivity index (χ0n) is 9.82. The summed E-state index contributed by atoms with van der Waals surface area (Å²) in [5.41, 5.74) is 0.922. The number of nitrogens with zero attached hydrogens (tertiary/aromatic N) is 2. The molecular weight excluding hydrogens is 208 g/mol. The molecule has 0 fully saturated rings. The Kier molecular flexibility index (Phi) is 4.69. The molecule has 16 heavy (non-hydrogen) atoms. The number of Topliss-reactive ketones (excluding diaryl/α,β-unsaturated/α-hetero) is 1. The Morgan fingerprint density at radius 2 is 2.31 bits per heavy atom. The van der Waals surface area contributed by atoms with Gasteiger partial charge in [0.05, 0.1) is 19.9 Å². The molecule has 88 valence electrons. The Morgan fingerprint density at radius 1 is 1.62 bits per heavy atom. The van der Waals surface area contributed by atoms with Gasteiger partial charge in [-0.2, -0.15) is 4.98 Å². The monoisotopic (exact) mass is 224 g/mol. The molecule has 0 unspecified atom stereocenters. The fourth-order valence-corrected chi connectivity index (χ4v) is 1.01. The predicted octanol–water partition coefficient (Wildman–Crippen LogP) is 1.41. The van der Waals surface area contributed by atoms with E-state index in [1.54, 1.807) is 20.2 Å². The number of hydrogen-bond acceptors (Lipinski definition) is 5. The maximum atomic E-state index is 9.81. The molecule has 1 aromatic heterocycles. The summed E-state index contributed by atoms with van der Waals surface area (Å²) in [5.74, 6) is 1.38. The van der Waals surface area contributed by atoms with E-state index in [-0.39, 0.29) is 5.78 Å². The minimum atomic E-state index is 0.255. The highest BCUT2D eigenvalue weighted by Crippen LogP contribution is 2.21. The van der Waals surface area contributed by atoms with E-state index in [0.717, 1.165) is 12.1 Å². The van der Waals surface area contributed by atoms with Crippen molar-refractivity contribution in [2.45, 2.75) is 26.7 Å². The van der Waals surface area contributed by atoms with Gasteiger partial charge < -0.3 is 14.3 Å². The summed E-state index contributed by atoms with van der Waals surface area (Å²) >= 11 is 0. The average Bonchev–Trinajstić information content (AvgIpc) is 2.76. The summed E-state index contributed by atoms with van der Waals surface area (Å²) in [6.45, 7) is 4.12. The highest BCUT2D eigenvalue weighted by atomic mass is 16.5. The summed E-state index contributed by atoms with van der Waals surface area (Å²) in [5, 5.41) is 0. The Labute approximate surface area is 94.8 Å². The molecule has 5 heteroatoms. The summed E-state index contributed by atoms with van der Waals surface area (Å²) in [6, 6.07) is 0. The van der Waals surface area contributed by atoms with E-state index in [1.807, 2.05) is 6.92 Å². The number of hydrogen-bond donors (Lipinski definition) is 0. The summed E-state index contributed by atoms with van der Waals surface area (Å²) in [6.07, 6.45) is 3.12. The topological polar surface area (TPSA) is 61.3 Å². The van der Waals surface area contributed by atoms with Crippen LogP contribution in [0.1, 0.15) is 26.0 Å². The van der Waals surface area contributed by atoms with Gasteiger partial charge in [-0.1, -0.05) is 6.92 Å². The first-order valence-corrected chi connectivity index (χ1v) is 5.19. The molecule has 1 aliphatic heterocycles. The fourth-order valence-electron chi connectivity index (χ4n) is 1.01. The van der Waals surface area contributed by atoms with Gasteiger partial charge in [-0.25, -0.2) is 4.98 Å². The molecule has 0 aliphatic carbocycles. The molecule has 0 amide bonds. The van der Waals surface area contributed by atoms with Crippen molar-refractivity contribution in [2.75, 3.05) is 13.7 Å². The zero-order chi connectivity index (χ0) is 12.0. The minimum Gasteiger partial charge on any atom is -0.480 e. The first-order valence-electron chi connectivity index (χ1n) is 5.19. The number of fused-ring (bicyclic) bond motifs is 1. The van der Waals surface area contributed by atoms with E-state index in [9.17, 15) is 4.79 Å². The molecule has 0 radical (unpaired) electrons. The van der Waals surface area contributed by atoms with Crippen LogP contribution in [0.25, 0.3) is 0 Å². The molecule has 0 bridgehead atoms. The number of ether oxygens (including phenoxy) is 2. The van der Waals surface area contributed by atoms with Gasteiger partial charge in [-0.05, 0) is 6.92 Å². The van der Waals surface area contributed by atoms with Crippen LogP contribution in [0, 0.1) is 0 Å². The van der Waals surface area contributed by atoms with Crippen molar-refractivity contribution in [3.05, 3.63) is 11.9 Å². The van der Waals surface area contributed by atoms with Crippen LogP contribution in [-0.2, 0) is 11.2 Å². The molecule has 0 saturated carbocycles. The Balaban J connectivity index is 0.000000221. The van der Waals surface area contributed by atoms with E-state index in [0.29, 0.717) is 24.8 Å². The van der Waals surface area contributed by atoms with Crippen LogP contribution in [-0.4, -0.2) is 29.5 Å². The van der Waals surface area contributed by atoms with Gasteiger partial charge in [-0.15, -0.1) is 0 Å². The van der Waals surface area contributed by atoms with Gasteiger partial charge in [-0.3, -0.25) is 0 Å². The Bertz CT molecular complexity index is 366. The molecule has 2 heterocycles. The van der Waals surface area contributed by atoms with Gasteiger partial charge in [0.25, 0.3) is 0 Å². The van der Waals surface area contributed by atoms with Gasteiger partial charge in [0, 0.05) is 12.8 Å². The normalized spacial score (nSPS) is 11.9. The highest BCUT2D eigenvalue weighted by Gasteiger charge is 2.15. The molecule has 0 atom stereocenters. The molecule has 1 aliphatic rings. The first kappa shape index (κ1) is 12.4. The molecule has 2 rings (SSSR count). The van der Waals surface area contributed by atoms with Gasteiger partial charge in [0.15, 0.2) is 0 Å². The second-order valence-electron chi connectivity index (χ2n) is 3.32. The standard InChI is InChI=1S/C7H8N2O2.C4H8O/c1-10-6-4-8-5-2-3-11-7(5)9-6;1-3-4(2)5/h4H,2-3H2,1H3;3H2,1-2H3. The van der Waals surface area contributed by atoms with Gasteiger partial charge >= 0.3 is 0 Å². The summed E-state index contributed by atoms with van der Waals surface area (Å²) in [7, 11) is 1.56. The second-order valence-corrected chi connectivity index (χ2v) is 3.32. The molecule has 0 spiro atoms. The third-order valence-corrected chi connectivity index (χ3v) is 2.07. The average molecular weight is 224 g/mol. The van der Waals surface area contributed by atoms with E-state index in [2.05, 4.69) is 9.97 Å². The van der Waals surface area contributed by atoms with E-state index in [4.69, 9.17) is 9.47 Å². The number of aromatic nitrogens is 2. The molecule has 5 nitrogen and oxygen atoms in total. The lowest BCUT2D eigenvalue weighted by Gasteiger charge is -1.99.